The largest absolute Gasteiger partial charge is 0.467 e. The van der Waals surface area contributed by atoms with Gasteiger partial charge in [-0.25, -0.2) is 9.18 Å². The van der Waals surface area contributed by atoms with Crippen LogP contribution < -0.4 is 5.32 Å². The van der Waals surface area contributed by atoms with Gasteiger partial charge in [0.05, 0.1) is 13.7 Å². The van der Waals surface area contributed by atoms with E-state index in [0.29, 0.717) is 0 Å². The van der Waals surface area contributed by atoms with Crippen LogP contribution in [0.15, 0.2) is 24.3 Å². The maximum Gasteiger partial charge on any atom is 0.330 e. The van der Waals surface area contributed by atoms with E-state index in [1.165, 1.54) is 12.1 Å². The van der Waals surface area contributed by atoms with Gasteiger partial charge in [-0.05, 0) is 24.3 Å². The molecule has 0 aliphatic carbocycles. The lowest BCUT2D eigenvalue weighted by atomic mass is 10.2. The van der Waals surface area contributed by atoms with Gasteiger partial charge in [-0.3, -0.25) is 4.79 Å². The summed E-state index contributed by atoms with van der Waals surface area (Å²) in [6.45, 7) is -0.570. The van der Waals surface area contributed by atoms with Crippen molar-refractivity contribution in [2.24, 2.45) is 0 Å². The number of rotatable bonds is 4. The van der Waals surface area contributed by atoms with Crippen molar-refractivity contribution in [3.05, 3.63) is 35.6 Å². The van der Waals surface area contributed by atoms with Crippen LogP contribution in [0.4, 0.5) is 4.39 Å². The average molecular weight is 241 g/mol. The number of esters is 1. The van der Waals surface area contributed by atoms with Crippen molar-refractivity contribution in [1.29, 1.82) is 0 Å². The fraction of sp³-hybridized carbons (Fsp3) is 0.273. The zero-order valence-electron chi connectivity index (χ0n) is 9.14. The minimum Gasteiger partial charge on any atom is -0.467 e. The van der Waals surface area contributed by atoms with Crippen LogP contribution in [0, 0.1) is 5.82 Å². The zero-order chi connectivity index (χ0) is 12.8. The van der Waals surface area contributed by atoms with E-state index in [1.807, 2.05) is 0 Å². The van der Waals surface area contributed by atoms with Crippen LogP contribution in [0.1, 0.15) is 10.4 Å². The van der Waals surface area contributed by atoms with Crippen LogP contribution in [0.2, 0.25) is 0 Å². The average Bonchev–Trinajstić information content (AvgIpc) is 2.35. The number of carbonyl (C=O) groups is 2. The van der Waals surface area contributed by atoms with Gasteiger partial charge in [0.25, 0.3) is 5.91 Å². The molecule has 0 aliphatic heterocycles. The second-order valence-corrected chi connectivity index (χ2v) is 3.24. The number of hydrogen-bond donors (Lipinski definition) is 2. The maximum absolute atomic E-state index is 12.6. The van der Waals surface area contributed by atoms with Gasteiger partial charge in [0, 0.05) is 5.56 Å². The molecule has 2 N–H and O–H groups in total. The van der Waals surface area contributed by atoms with Crippen molar-refractivity contribution in [2.75, 3.05) is 13.7 Å². The van der Waals surface area contributed by atoms with Crippen molar-refractivity contribution in [2.45, 2.75) is 6.04 Å². The number of amides is 1. The van der Waals surface area contributed by atoms with E-state index >= 15 is 0 Å². The smallest absolute Gasteiger partial charge is 0.330 e. The Kier molecular flexibility index (Phi) is 4.59. The van der Waals surface area contributed by atoms with Crippen molar-refractivity contribution < 1.29 is 23.8 Å². The molecule has 0 aliphatic rings. The van der Waals surface area contributed by atoms with Crippen LogP contribution in [0.3, 0.4) is 0 Å². The van der Waals surface area contributed by atoms with E-state index in [1.54, 1.807) is 0 Å². The SMILES string of the molecule is COC(=O)[C@H](CO)NC(=O)c1ccc(F)cc1. The van der Waals surface area contributed by atoms with Gasteiger partial charge in [-0.15, -0.1) is 0 Å². The summed E-state index contributed by atoms with van der Waals surface area (Å²) in [5.74, 6) is -1.80. The minimum absolute atomic E-state index is 0.189. The molecule has 1 aromatic carbocycles. The van der Waals surface area contributed by atoms with Crippen molar-refractivity contribution in [3.63, 3.8) is 0 Å². The molecule has 0 saturated heterocycles. The van der Waals surface area contributed by atoms with Gasteiger partial charge >= 0.3 is 5.97 Å². The first-order valence-corrected chi connectivity index (χ1v) is 4.83. The van der Waals surface area contributed by atoms with E-state index in [9.17, 15) is 14.0 Å². The quantitative estimate of drug-likeness (QED) is 0.732. The molecular formula is C11H12FNO4. The molecule has 0 saturated carbocycles. The first-order chi connectivity index (χ1) is 8.08. The lowest BCUT2D eigenvalue weighted by molar-refractivity contribution is -0.143. The second-order valence-electron chi connectivity index (χ2n) is 3.24. The fourth-order valence-electron chi connectivity index (χ4n) is 1.16. The predicted molar refractivity (Wildman–Crippen MR) is 56.8 cm³/mol. The molecule has 17 heavy (non-hydrogen) atoms. The van der Waals surface area contributed by atoms with E-state index in [4.69, 9.17) is 5.11 Å². The van der Waals surface area contributed by atoms with Crippen molar-refractivity contribution >= 4 is 11.9 Å². The number of halogens is 1. The number of benzene rings is 1. The molecular weight excluding hydrogens is 229 g/mol. The summed E-state index contributed by atoms with van der Waals surface area (Å²) in [6.07, 6.45) is 0. The highest BCUT2D eigenvalue weighted by Crippen LogP contribution is 2.03. The highest BCUT2D eigenvalue weighted by molar-refractivity contribution is 5.96. The first kappa shape index (κ1) is 13.1. The van der Waals surface area contributed by atoms with E-state index in [2.05, 4.69) is 10.1 Å². The van der Waals surface area contributed by atoms with Crippen LogP contribution in [-0.2, 0) is 9.53 Å². The Balaban J connectivity index is 2.71. The van der Waals surface area contributed by atoms with Gasteiger partial charge in [0.15, 0.2) is 6.04 Å². The Labute approximate surface area is 97.2 Å². The van der Waals surface area contributed by atoms with Crippen LogP contribution in [0.25, 0.3) is 0 Å². The maximum atomic E-state index is 12.6. The van der Waals surface area contributed by atoms with Gasteiger partial charge in [-0.2, -0.15) is 0 Å². The minimum atomic E-state index is -1.13. The Morgan fingerprint density at radius 3 is 2.47 bits per heavy atom. The number of aliphatic hydroxyl groups is 1. The Morgan fingerprint density at radius 2 is 2.00 bits per heavy atom. The summed E-state index contributed by atoms with van der Waals surface area (Å²) >= 11 is 0. The topological polar surface area (TPSA) is 75.6 Å². The van der Waals surface area contributed by atoms with Crippen molar-refractivity contribution in [1.82, 2.24) is 5.32 Å². The van der Waals surface area contributed by atoms with E-state index in [-0.39, 0.29) is 5.56 Å². The molecule has 0 fully saturated rings. The molecule has 1 aromatic rings. The molecule has 6 heteroatoms. The lowest BCUT2D eigenvalue weighted by Crippen LogP contribution is -2.44. The van der Waals surface area contributed by atoms with Gasteiger partial charge in [-0.1, -0.05) is 0 Å². The third kappa shape index (κ3) is 3.53. The third-order valence-electron chi connectivity index (χ3n) is 2.08. The number of aliphatic hydroxyl groups excluding tert-OH is 1. The highest BCUT2D eigenvalue weighted by Gasteiger charge is 2.20. The molecule has 0 bridgehead atoms. The summed E-state index contributed by atoms with van der Waals surface area (Å²) in [4.78, 5) is 22.7. The zero-order valence-corrected chi connectivity index (χ0v) is 9.14. The normalized spacial score (nSPS) is 11.7. The molecule has 0 radical (unpaired) electrons. The molecule has 0 unspecified atom stereocenters. The highest BCUT2D eigenvalue weighted by atomic mass is 19.1. The first-order valence-electron chi connectivity index (χ1n) is 4.83. The molecule has 1 amide bonds. The van der Waals surface area contributed by atoms with Crippen LogP contribution >= 0.6 is 0 Å². The Morgan fingerprint density at radius 1 is 1.41 bits per heavy atom. The standard InChI is InChI=1S/C11H12FNO4/c1-17-11(16)9(6-14)13-10(15)7-2-4-8(12)5-3-7/h2-5,9,14H,6H2,1H3,(H,13,15)/t9-/m0/s1. The predicted octanol–water partition coefficient (Wildman–Crippen LogP) is 0.0894. The second kappa shape index (κ2) is 5.95. The Bertz CT molecular complexity index is 404. The molecule has 0 spiro atoms. The van der Waals surface area contributed by atoms with E-state index < -0.39 is 30.3 Å². The molecule has 92 valence electrons. The van der Waals surface area contributed by atoms with Crippen LogP contribution in [0.5, 0.6) is 0 Å². The van der Waals surface area contributed by atoms with E-state index in [0.717, 1.165) is 19.2 Å². The summed E-state index contributed by atoms with van der Waals surface area (Å²) in [6, 6.07) is 3.67. The number of nitrogens with one attached hydrogen (secondary N) is 1. The lowest BCUT2D eigenvalue weighted by Gasteiger charge is -2.13. The number of hydrogen-bond acceptors (Lipinski definition) is 4. The Hall–Kier alpha value is -1.95. The molecule has 0 heterocycles. The van der Waals surface area contributed by atoms with Crippen LogP contribution in [-0.4, -0.2) is 36.7 Å². The fourth-order valence-corrected chi connectivity index (χ4v) is 1.16. The summed E-state index contributed by atoms with van der Waals surface area (Å²) < 4.78 is 17.0. The van der Waals surface area contributed by atoms with Gasteiger partial charge in [0.2, 0.25) is 0 Å². The number of methoxy groups -OCH3 is 1. The summed E-state index contributed by atoms with van der Waals surface area (Å²) in [5.41, 5.74) is 0.189. The van der Waals surface area contributed by atoms with Gasteiger partial charge < -0.3 is 15.2 Å². The molecule has 0 aromatic heterocycles. The molecule has 1 rings (SSSR count). The molecule has 5 nitrogen and oxygen atoms in total. The summed E-state index contributed by atoms with van der Waals surface area (Å²) in [5, 5.41) is 11.2. The third-order valence-corrected chi connectivity index (χ3v) is 2.08. The number of ether oxygens (including phenoxy) is 1. The monoisotopic (exact) mass is 241 g/mol. The van der Waals surface area contributed by atoms with Crippen molar-refractivity contribution in [3.8, 4) is 0 Å². The molecule has 1 atom stereocenters. The summed E-state index contributed by atoms with van der Waals surface area (Å²) in [7, 11) is 1.15. The van der Waals surface area contributed by atoms with Gasteiger partial charge in [0.1, 0.15) is 5.82 Å². The number of carbonyl (C=O) groups excluding carboxylic acids is 2.